The number of hydrogen-bond donors (Lipinski definition) is 2. The molecule has 1 aromatic carbocycles. The van der Waals surface area contributed by atoms with Crippen LogP contribution in [0.1, 0.15) is 18.4 Å². The highest BCUT2D eigenvalue weighted by atomic mass is 16.4. The Bertz CT molecular complexity index is 465. The van der Waals surface area contributed by atoms with E-state index in [1.165, 1.54) is 5.56 Å². The Labute approximate surface area is 138 Å². The Balaban J connectivity index is 2.05. The summed E-state index contributed by atoms with van der Waals surface area (Å²) in [5.74, 6) is -0.363. The van der Waals surface area contributed by atoms with E-state index >= 15 is 0 Å². The molecule has 128 valence electrons. The number of rotatable bonds is 11. The average Bonchev–Trinajstić information content (AvgIpc) is 2.53. The zero-order valence-electron chi connectivity index (χ0n) is 14.1. The number of carbonyl (C=O) groups is 1. The van der Waals surface area contributed by atoms with E-state index in [1.54, 1.807) is 0 Å². The fourth-order valence-corrected chi connectivity index (χ4v) is 2.36. The Kier molecular flexibility index (Phi) is 9.66. The third-order valence-corrected chi connectivity index (χ3v) is 3.57. The summed E-state index contributed by atoms with van der Waals surface area (Å²) in [5, 5.41) is 13.6. The van der Waals surface area contributed by atoms with Gasteiger partial charge in [0.2, 0.25) is 0 Å². The fourth-order valence-electron chi connectivity index (χ4n) is 2.36. The van der Waals surface area contributed by atoms with Gasteiger partial charge in [-0.2, -0.15) is 0 Å². The highest BCUT2D eigenvalue weighted by molar-refractivity contribution is 6.25. The lowest BCUT2D eigenvalue weighted by Gasteiger charge is -2.20. The molecule has 23 heavy (non-hydrogen) atoms. The lowest BCUT2D eigenvalue weighted by molar-refractivity contribution is -0.114. The smallest absolute Gasteiger partial charge is 0.265 e. The Morgan fingerprint density at radius 3 is 2.48 bits per heavy atom. The van der Waals surface area contributed by atoms with Gasteiger partial charge >= 0.3 is 0 Å². The molecule has 1 amide bonds. The van der Waals surface area contributed by atoms with Gasteiger partial charge in [0.05, 0.1) is 0 Å². The highest BCUT2D eigenvalue weighted by Crippen LogP contribution is 2.03. The molecular weight excluding hydrogens is 292 g/mol. The molecule has 0 unspecified atom stereocenters. The third-order valence-electron chi connectivity index (χ3n) is 3.57. The van der Waals surface area contributed by atoms with Crippen LogP contribution < -0.4 is 5.32 Å². The van der Waals surface area contributed by atoms with Crippen molar-refractivity contribution in [1.29, 1.82) is 0 Å². The first-order valence-corrected chi connectivity index (χ1v) is 7.98. The van der Waals surface area contributed by atoms with E-state index in [9.17, 15) is 4.79 Å². The van der Waals surface area contributed by atoms with Gasteiger partial charge in [0, 0.05) is 13.1 Å². The van der Waals surface area contributed by atoms with Crippen molar-refractivity contribution in [3.05, 3.63) is 35.9 Å². The van der Waals surface area contributed by atoms with Crippen molar-refractivity contribution < 1.29 is 10.0 Å². The molecule has 0 saturated heterocycles. The molecule has 0 fully saturated rings. The molecule has 0 aromatic heterocycles. The second kappa shape index (κ2) is 11.6. The average molecular weight is 320 g/mol. The summed E-state index contributed by atoms with van der Waals surface area (Å²) in [7, 11) is 4.24. The first kappa shape index (κ1) is 19.1. The maximum atomic E-state index is 11.0. The van der Waals surface area contributed by atoms with E-state index < -0.39 is 0 Å². The van der Waals surface area contributed by atoms with Crippen LogP contribution in [0.25, 0.3) is 0 Å². The summed E-state index contributed by atoms with van der Waals surface area (Å²) in [5.41, 5.74) is 1.34. The van der Waals surface area contributed by atoms with Crippen molar-refractivity contribution in [2.75, 3.05) is 40.3 Å². The van der Waals surface area contributed by atoms with Crippen LogP contribution >= 0.6 is 0 Å². The summed E-state index contributed by atoms with van der Waals surface area (Å²) in [6.07, 6.45) is 2.86. The van der Waals surface area contributed by atoms with Crippen LogP contribution in [-0.4, -0.2) is 67.4 Å². The lowest BCUT2D eigenvalue weighted by atomic mass is 10.2. The normalized spacial score (nSPS) is 11.5. The maximum absolute atomic E-state index is 11.0. The fraction of sp³-hybridized carbons (Fsp3) is 0.529. The molecule has 0 aliphatic heterocycles. The van der Waals surface area contributed by atoms with Gasteiger partial charge in [-0.05, 0) is 52.1 Å². The largest absolute Gasteiger partial charge is 0.411 e. The molecule has 0 radical (unpaired) electrons. The van der Waals surface area contributed by atoms with E-state index in [-0.39, 0.29) is 5.91 Å². The molecule has 0 aliphatic rings. The predicted octanol–water partition coefficient (Wildman–Crippen LogP) is 1.41. The summed E-state index contributed by atoms with van der Waals surface area (Å²) < 4.78 is 0. The molecule has 2 N–H and O–H groups in total. The van der Waals surface area contributed by atoms with Crippen molar-refractivity contribution >= 4 is 12.1 Å². The van der Waals surface area contributed by atoms with Gasteiger partial charge in [-0.25, -0.2) is 0 Å². The molecule has 6 heteroatoms. The summed E-state index contributed by atoms with van der Waals surface area (Å²) >= 11 is 0. The molecule has 0 spiro atoms. The third kappa shape index (κ3) is 9.65. The van der Waals surface area contributed by atoms with Crippen molar-refractivity contribution in [1.82, 2.24) is 15.1 Å². The van der Waals surface area contributed by atoms with E-state index in [2.05, 4.69) is 58.6 Å². The molecule has 0 atom stereocenters. The van der Waals surface area contributed by atoms with Gasteiger partial charge in [-0.15, -0.1) is 0 Å². The highest BCUT2D eigenvalue weighted by Gasteiger charge is 2.03. The van der Waals surface area contributed by atoms with E-state index in [0.29, 0.717) is 6.54 Å². The molecule has 0 saturated carbocycles. The SMILES string of the molecule is CN(CCCNC(=O)C=NO)CCCN(C)Cc1ccccc1. The van der Waals surface area contributed by atoms with Crippen LogP contribution in [0.5, 0.6) is 0 Å². The van der Waals surface area contributed by atoms with E-state index in [1.807, 2.05) is 6.07 Å². The topological polar surface area (TPSA) is 68.2 Å². The van der Waals surface area contributed by atoms with Crippen LogP contribution in [0.4, 0.5) is 0 Å². The van der Waals surface area contributed by atoms with Gasteiger partial charge in [-0.3, -0.25) is 4.79 Å². The van der Waals surface area contributed by atoms with Crippen LogP contribution in [0.15, 0.2) is 35.5 Å². The van der Waals surface area contributed by atoms with Crippen molar-refractivity contribution in [3.63, 3.8) is 0 Å². The number of nitrogens with one attached hydrogen (secondary N) is 1. The summed E-state index contributed by atoms with van der Waals surface area (Å²) in [6, 6.07) is 10.5. The number of benzene rings is 1. The minimum atomic E-state index is -0.363. The van der Waals surface area contributed by atoms with Crippen LogP contribution in [0, 0.1) is 0 Å². The number of amides is 1. The Morgan fingerprint density at radius 1 is 1.13 bits per heavy atom. The number of hydrogen-bond acceptors (Lipinski definition) is 5. The van der Waals surface area contributed by atoms with Crippen molar-refractivity contribution in [2.24, 2.45) is 5.16 Å². The molecule has 0 heterocycles. The minimum absolute atomic E-state index is 0.363. The van der Waals surface area contributed by atoms with Crippen LogP contribution in [-0.2, 0) is 11.3 Å². The molecular formula is C17H28N4O2. The Hall–Kier alpha value is -1.92. The Morgan fingerprint density at radius 2 is 1.78 bits per heavy atom. The number of carbonyl (C=O) groups excluding carboxylic acids is 1. The standard InChI is InChI=1S/C17H28N4O2/c1-20(11-6-10-18-17(22)14-19-23)12-7-13-21(2)15-16-8-4-3-5-9-16/h3-5,8-9,14,23H,6-7,10-13,15H2,1-2H3,(H,18,22). The number of nitrogens with zero attached hydrogens (tertiary/aromatic N) is 3. The number of oxime groups is 1. The zero-order valence-corrected chi connectivity index (χ0v) is 14.1. The second-order valence-electron chi connectivity index (χ2n) is 5.77. The molecule has 6 nitrogen and oxygen atoms in total. The van der Waals surface area contributed by atoms with Gasteiger partial charge in [0.15, 0.2) is 0 Å². The minimum Gasteiger partial charge on any atom is -0.411 e. The molecule has 1 rings (SSSR count). The van der Waals surface area contributed by atoms with Gasteiger partial charge in [0.1, 0.15) is 6.21 Å². The zero-order chi connectivity index (χ0) is 16.9. The second-order valence-corrected chi connectivity index (χ2v) is 5.77. The van der Waals surface area contributed by atoms with Crippen molar-refractivity contribution in [3.8, 4) is 0 Å². The summed E-state index contributed by atoms with van der Waals surface area (Å²) in [6.45, 7) is 4.58. The van der Waals surface area contributed by atoms with Gasteiger partial charge in [-0.1, -0.05) is 35.5 Å². The predicted molar refractivity (Wildman–Crippen MR) is 92.8 cm³/mol. The summed E-state index contributed by atoms with van der Waals surface area (Å²) in [4.78, 5) is 15.6. The monoisotopic (exact) mass is 320 g/mol. The molecule has 0 bridgehead atoms. The quantitative estimate of drug-likeness (QED) is 0.280. The van der Waals surface area contributed by atoms with Crippen LogP contribution in [0.2, 0.25) is 0 Å². The maximum Gasteiger partial charge on any atom is 0.265 e. The molecule has 0 aliphatic carbocycles. The van der Waals surface area contributed by atoms with E-state index in [0.717, 1.165) is 45.2 Å². The van der Waals surface area contributed by atoms with Gasteiger partial charge in [0.25, 0.3) is 5.91 Å². The van der Waals surface area contributed by atoms with E-state index in [4.69, 9.17) is 5.21 Å². The molecule has 1 aromatic rings. The van der Waals surface area contributed by atoms with Crippen molar-refractivity contribution in [2.45, 2.75) is 19.4 Å². The van der Waals surface area contributed by atoms with Gasteiger partial charge < -0.3 is 20.3 Å². The first-order chi connectivity index (χ1) is 11.1. The van der Waals surface area contributed by atoms with Crippen LogP contribution in [0.3, 0.4) is 0 Å². The first-order valence-electron chi connectivity index (χ1n) is 7.98. The lowest BCUT2D eigenvalue weighted by Crippen LogP contribution is -2.30.